The molecule has 126 valence electrons. The summed E-state index contributed by atoms with van der Waals surface area (Å²) in [6.07, 6.45) is 1.55. The summed E-state index contributed by atoms with van der Waals surface area (Å²) in [5.41, 5.74) is 3.20. The van der Waals surface area contributed by atoms with Crippen LogP contribution in [0.2, 0.25) is 0 Å². The van der Waals surface area contributed by atoms with Crippen molar-refractivity contribution in [1.29, 1.82) is 0 Å². The van der Waals surface area contributed by atoms with E-state index in [-0.39, 0.29) is 24.1 Å². The van der Waals surface area contributed by atoms with Crippen LogP contribution in [0.3, 0.4) is 0 Å². The Morgan fingerprint density at radius 1 is 1.12 bits per heavy atom. The van der Waals surface area contributed by atoms with E-state index in [1.165, 1.54) is 4.90 Å². The van der Waals surface area contributed by atoms with Gasteiger partial charge < -0.3 is 5.32 Å². The molecule has 2 amide bonds. The largest absolute Gasteiger partial charge is 0.350 e. The molecule has 1 aliphatic rings. The van der Waals surface area contributed by atoms with E-state index in [0.29, 0.717) is 11.1 Å². The maximum atomic E-state index is 12.8. The molecule has 4 nitrogen and oxygen atoms in total. The molecule has 2 aromatic rings. The highest BCUT2D eigenvalue weighted by atomic mass is 79.9. The first kappa shape index (κ1) is 17.2. The van der Waals surface area contributed by atoms with E-state index >= 15 is 0 Å². The lowest BCUT2D eigenvalue weighted by atomic mass is 10.0. The van der Waals surface area contributed by atoms with Crippen molar-refractivity contribution < 1.29 is 9.59 Å². The molecule has 0 saturated carbocycles. The van der Waals surface area contributed by atoms with Gasteiger partial charge >= 0.3 is 0 Å². The maximum Gasteiger partial charge on any atom is 0.278 e. The van der Waals surface area contributed by atoms with Gasteiger partial charge in [-0.3, -0.25) is 14.5 Å². The zero-order chi connectivity index (χ0) is 18.0. The van der Waals surface area contributed by atoms with Crippen LogP contribution in [0.4, 0.5) is 5.69 Å². The Bertz CT molecular complexity index is 885. The fourth-order valence-corrected chi connectivity index (χ4v) is 3.08. The Kier molecular flexibility index (Phi) is 4.86. The fraction of sp³-hybridized carbons (Fsp3) is 0.100. The second-order valence-corrected chi connectivity index (χ2v) is 6.68. The zero-order valence-corrected chi connectivity index (χ0v) is 15.3. The minimum absolute atomic E-state index is 0.177. The van der Waals surface area contributed by atoms with Crippen LogP contribution in [0.25, 0.3) is 5.57 Å². The highest BCUT2D eigenvalue weighted by Gasteiger charge is 2.38. The molecular weight excluding hydrogens is 380 g/mol. The summed E-state index contributed by atoms with van der Waals surface area (Å²) < 4.78 is 0.884. The lowest BCUT2D eigenvalue weighted by molar-refractivity contribution is -0.136. The Labute approximate surface area is 155 Å². The van der Waals surface area contributed by atoms with Crippen molar-refractivity contribution in [3.63, 3.8) is 0 Å². The smallest absolute Gasteiger partial charge is 0.278 e. The predicted molar refractivity (Wildman–Crippen MR) is 103 cm³/mol. The maximum absolute atomic E-state index is 12.8. The highest BCUT2D eigenvalue weighted by molar-refractivity contribution is 9.10. The van der Waals surface area contributed by atoms with Crippen molar-refractivity contribution in [2.24, 2.45) is 0 Å². The van der Waals surface area contributed by atoms with Crippen LogP contribution in [-0.4, -0.2) is 23.3 Å². The number of nitrogens with zero attached hydrogens (tertiary/aromatic N) is 1. The van der Waals surface area contributed by atoms with Gasteiger partial charge in [0.2, 0.25) is 0 Å². The monoisotopic (exact) mass is 396 g/mol. The number of halogens is 1. The van der Waals surface area contributed by atoms with Crippen molar-refractivity contribution in [3.8, 4) is 0 Å². The summed E-state index contributed by atoms with van der Waals surface area (Å²) in [5, 5.41) is 3.12. The van der Waals surface area contributed by atoms with Crippen LogP contribution in [0, 0.1) is 6.92 Å². The quantitative estimate of drug-likeness (QED) is 0.610. The molecular formula is C20H17BrN2O2. The van der Waals surface area contributed by atoms with Crippen LogP contribution in [0.5, 0.6) is 0 Å². The standard InChI is InChI=1S/C20H17BrN2O2/c1-3-11-23-19(24)17(14-9-7-13(2)8-10-14)18(20(23)25)22-16-6-4-5-15(21)12-16/h3-10,12,22H,1,11H2,2H3. The van der Waals surface area contributed by atoms with Gasteiger partial charge in [0, 0.05) is 16.7 Å². The summed E-state index contributed by atoms with van der Waals surface area (Å²) in [4.78, 5) is 26.8. The summed E-state index contributed by atoms with van der Waals surface area (Å²) in [6, 6.07) is 15.0. The molecule has 0 saturated heterocycles. The van der Waals surface area contributed by atoms with Gasteiger partial charge in [0.15, 0.2) is 0 Å². The Balaban J connectivity index is 2.08. The van der Waals surface area contributed by atoms with Crippen molar-refractivity contribution >= 4 is 39.0 Å². The molecule has 0 bridgehead atoms. The van der Waals surface area contributed by atoms with Crippen LogP contribution < -0.4 is 5.32 Å². The third-order valence-electron chi connectivity index (χ3n) is 3.91. The number of benzene rings is 2. The van der Waals surface area contributed by atoms with E-state index in [1.54, 1.807) is 6.08 Å². The molecule has 5 heteroatoms. The first-order valence-electron chi connectivity index (χ1n) is 7.82. The molecule has 0 unspecified atom stereocenters. The average Bonchev–Trinajstić information content (AvgIpc) is 2.81. The summed E-state index contributed by atoms with van der Waals surface area (Å²) in [7, 11) is 0. The second-order valence-electron chi connectivity index (χ2n) is 5.76. The van der Waals surface area contributed by atoms with E-state index in [2.05, 4.69) is 27.8 Å². The molecule has 0 atom stereocenters. The van der Waals surface area contributed by atoms with Gasteiger partial charge in [0.1, 0.15) is 5.70 Å². The van der Waals surface area contributed by atoms with Crippen molar-refractivity contribution in [1.82, 2.24) is 4.90 Å². The first-order chi connectivity index (χ1) is 12.0. The predicted octanol–water partition coefficient (Wildman–Crippen LogP) is 4.14. The fourth-order valence-electron chi connectivity index (χ4n) is 2.69. The first-order valence-corrected chi connectivity index (χ1v) is 8.61. The Hall–Kier alpha value is -2.66. The lowest BCUT2D eigenvalue weighted by Crippen LogP contribution is -2.32. The zero-order valence-electron chi connectivity index (χ0n) is 13.8. The van der Waals surface area contributed by atoms with Gasteiger partial charge in [-0.1, -0.05) is 57.9 Å². The van der Waals surface area contributed by atoms with E-state index in [4.69, 9.17) is 0 Å². The number of hydrogen-bond donors (Lipinski definition) is 1. The van der Waals surface area contributed by atoms with Crippen LogP contribution in [0.15, 0.2) is 71.4 Å². The summed E-state index contributed by atoms with van der Waals surface area (Å²) >= 11 is 3.41. The molecule has 3 rings (SSSR count). The molecule has 0 aromatic heterocycles. The summed E-state index contributed by atoms with van der Waals surface area (Å²) in [5.74, 6) is -0.660. The molecule has 0 radical (unpaired) electrons. The molecule has 25 heavy (non-hydrogen) atoms. The third-order valence-corrected chi connectivity index (χ3v) is 4.41. The molecule has 0 spiro atoms. The minimum atomic E-state index is -0.347. The number of carbonyl (C=O) groups excluding carboxylic acids is 2. The summed E-state index contributed by atoms with van der Waals surface area (Å²) in [6.45, 7) is 5.79. The van der Waals surface area contributed by atoms with Gasteiger partial charge in [0.25, 0.3) is 11.8 Å². The van der Waals surface area contributed by atoms with Crippen LogP contribution >= 0.6 is 15.9 Å². The molecule has 1 heterocycles. The molecule has 2 aromatic carbocycles. The van der Waals surface area contributed by atoms with Gasteiger partial charge in [-0.25, -0.2) is 0 Å². The van der Waals surface area contributed by atoms with E-state index < -0.39 is 0 Å². The van der Waals surface area contributed by atoms with E-state index in [9.17, 15) is 9.59 Å². The highest BCUT2D eigenvalue weighted by Crippen LogP contribution is 2.31. The average molecular weight is 397 g/mol. The van der Waals surface area contributed by atoms with E-state index in [0.717, 1.165) is 15.7 Å². The van der Waals surface area contributed by atoms with Gasteiger partial charge in [-0.05, 0) is 30.7 Å². The number of nitrogens with one attached hydrogen (secondary N) is 1. The number of rotatable bonds is 5. The second kappa shape index (κ2) is 7.07. The normalized spacial score (nSPS) is 14.2. The molecule has 0 aliphatic carbocycles. The van der Waals surface area contributed by atoms with Crippen molar-refractivity contribution in [2.45, 2.75) is 6.92 Å². The number of hydrogen-bond acceptors (Lipinski definition) is 3. The Morgan fingerprint density at radius 2 is 1.84 bits per heavy atom. The molecule has 1 N–H and O–H groups in total. The van der Waals surface area contributed by atoms with E-state index in [1.807, 2.05) is 55.5 Å². The van der Waals surface area contributed by atoms with Gasteiger partial charge in [0.05, 0.1) is 5.57 Å². The molecule has 1 aliphatic heterocycles. The number of carbonyl (C=O) groups is 2. The molecule has 0 fully saturated rings. The van der Waals surface area contributed by atoms with Gasteiger partial charge in [-0.15, -0.1) is 6.58 Å². The van der Waals surface area contributed by atoms with Gasteiger partial charge in [-0.2, -0.15) is 0 Å². The number of anilines is 1. The number of aryl methyl sites for hydroxylation is 1. The number of imide groups is 1. The van der Waals surface area contributed by atoms with Crippen LogP contribution in [0.1, 0.15) is 11.1 Å². The van der Waals surface area contributed by atoms with Crippen molar-refractivity contribution in [3.05, 3.63) is 82.5 Å². The van der Waals surface area contributed by atoms with Crippen LogP contribution in [-0.2, 0) is 9.59 Å². The Morgan fingerprint density at radius 3 is 2.48 bits per heavy atom. The SMILES string of the molecule is C=CCN1C(=O)C(Nc2cccc(Br)c2)=C(c2ccc(C)cc2)C1=O. The lowest BCUT2D eigenvalue weighted by Gasteiger charge is -2.12. The topological polar surface area (TPSA) is 49.4 Å². The third kappa shape index (κ3) is 3.42. The number of amides is 2. The minimum Gasteiger partial charge on any atom is -0.350 e. The van der Waals surface area contributed by atoms with Crippen molar-refractivity contribution in [2.75, 3.05) is 11.9 Å².